The molecule has 0 amide bonds. The minimum absolute atomic E-state index is 0. The van der Waals surface area contributed by atoms with Crippen LogP contribution in [0.15, 0.2) is 152 Å². The average molecular weight is 1480 g/mol. The third-order valence-electron chi connectivity index (χ3n) is 22.6. The number of piperidine rings is 2. The second-order valence-electron chi connectivity index (χ2n) is 30.4. The monoisotopic (exact) mass is 1480 g/mol. The number of aliphatic carboxylic acids is 2. The van der Waals surface area contributed by atoms with Gasteiger partial charge in [-0.2, -0.15) is 20.2 Å². The van der Waals surface area contributed by atoms with Crippen LogP contribution in [0, 0.1) is 23.2 Å². The molecule has 4 bridgehead atoms. The number of aromatic hydroxyl groups is 2. The number of phenols is 2. The number of pyridine rings is 1. The number of thioether (sulfide) groups is 1. The van der Waals surface area contributed by atoms with Crippen molar-refractivity contribution in [3.63, 3.8) is 0 Å². The van der Waals surface area contributed by atoms with E-state index >= 15 is 0 Å². The smallest absolute Gasteiger partial charge is 0.550 e. The number of aliphatic hydroxyl groups is 3. The number of rotatable bonds is 16. The number of aliphatic hydroxyl groups excluding tert-OH is 2. The van der Waals surface area contributed by atoms with Crippen molar-refractivity contribution in [3.8, 4) is 23.0 Å². The quantitative estimate of drug-likeness (QED) is 0.0254. The summed E-state index contributed by atoms with van der Waals surface area (Å²) in [5.41, 5.74) is 11.7. The summed E-state index contributed by atoms with van der Waals surface area (Å²) in [5.74, 6) is 1.65. The number of carbonyl (C=O) groups excluding carboxylic acids is 1. The number of likely N-dealkylation sites (tertiary alicyclic amines) is 2. The van der Waals surface area contributed by atoms with Gasteiger partial charge in [0.05, 0.1) is 22.7 Å². The number of ether oxygens (including phenoxy) is 2. The summed E-state index contributed by atoms with van der Waals surface area (Å²) < 4.78 is 43.8. The van der Waals surface area contributed by atoms with Crippen molar-refractivity contribution in [2.75, 3.05) is 32.9 Å². The van der Waals surface area contributed by atoms with E-state index in [1.807, 2.05) is 129 Å². The van der Waals surface area contributed by atoms with Crippen LogP contribution in [0.3, 0.4) is 0 Å². The molecular formula is C82H93ClN3NaO15S2. The van der Waals surface area contributed by atoms with Gasteiger partial charge >= 0.3 is 45.9 Å². The Morgan fingerprint density at radius 3 is 1.82 bits per heavy atom. The third-order valence-corrected chi connectivity index (χ3v) is 24.5. The van der Waals surface area contributed by atoms with Crippen molar-refractivity contribution in [1.29, 1.82) is 0 Å². The first-order valence-corrected chi connectivity index (χ1v) is 38.3. The molecule has 18 nitrogen and oxygen atoms in total. The molecule has 2 spiro atoms. The van der Waals surface area contributed by atoms with Gasteiger partial charge in [-0.3, -0.25) is 13.9 Å². The number of carbonyl (C=O) groups is 2. The molecule has 12 atom stereocenters. The number of aromatic nitrogens is 1. The molecule has 1 aromatic heterocycles. The Balaban J connectivity index is 0.000000145. The molecule has 7 aromatic rings. The maximum atomic E-state index is 11.4. The number of hydrogen-bond acceptors (Lipinski definition) is 16. The SMILES string of the molecule is CC(C)(O)c1ccccc1CC[C@@H](SCC1(CC(=O)[O-])CC1)c1cccc(/C=C/c2ccc3ccc(Cl)cc3n2)c1.CC(C)Cc1ccc(C(C)C(=O)O)cc1.CN1CC[C@]23c4c5ccc(O)c4O[C@H]2[C@@H](O)C=C[C@H]3[C@H]1C5.CN1CC[C@]23c4c5ccc(O)c4O[C@H]2[C@@H](O)C=C[C@H]3[C@H]1C5.O=S(=O)(O)O.[Na+]. The molecule has 2 saturated heterocycles. The van der Waals surface area contributed by atoms with Crippen molar-refractivity contribution in [2.45, 2.75) is 163 Å². The minimum atomic E-state index is -4.67. The van der Waals surface area contributed by atoms with Gasteiger partial charge in [-0.1, -0.05) is 153 Å². The Bertz CT molecular complexity index is 4400. The van der Waals surface area contributed by atoms with Crippen molar-refractivity contribution in [2.24, 2.45) is 23.2 Å². The predicted octanol–water partition coefficient (Wildman–Crippen LogP) is 9.43. The van der Waals surface area contributed by atoms with Crippen molar-refractivity contribution in [1.82, 2.24) is 14.8 Å². The number of carboxylic acid groups (broad SMARTS) is 2. The minimum Gasteiger partial charge on any atom is -0.550 e. The van der Waals surface area contributed by atoms with E-state index in [2.05, 4.69) is 86.3 Å². The molecule has 8 N–H and O–H groups in total. The van der Waals surface area contributed by atoms with E-state index in [0.29, 0.717) is 46.4 Å². The molecule has 4 aliphatic heterocycles. The summed E-state index contributed by atoms with van der Waals surface area (Å²) in [4.78, 5) is 31.7. The molecule has 9 aliphatic rings. The van der Waals surface area contributed by atoms with Crippen LogP contribution in [-0.4, -0.2) is 144 Å². The van der Waals surface area contributed by atoms with Crippen molar-refractivity contribution in [3.05, 3.63) is 218 Å². The van der Waals surface area contributed by atoms with Gasteiger partial charge in [0.25, 0.3) is 0 Å². The fraction of sp³-hybridized carbons (Fsp3) is 0.427. The van der Waals surface area contributed by atoms with Crippen LogP contribution in [0.4, 0.5) is 0 Å². The number of hydrogen-bond donors (Lipinski definition) is 8. The molecule has 5 heterocycles. The largest absolute Gasteiger partial charge is 1.00 e. The van der Waals surface area contributed by atoms with Crippen LogP contribution in [0.1, 0.15) is 146 Å². The zero-order chi connectivity index (χ0) is 73.7. The first-order valence-electron chi connectivity index (χ1n) is 35.5. The van der Waals surface area contributed by atoms with Gasteiger partial charge < -0.3 is 59.8 Å². The first kappa shape index (κ1) is 78.5. The number of phenolic OH excluding ortho intramolecular Hbond substituents is 2. The Kier molecular flexibility index (Phi) is 23.9. The molecule has 3 fully saturated rings. The number of fused-ring (bicyclic) bond motifs is 1. The number of carboxylic acids is 2. The van der Waals surface area contributed by atoms with E-state index in [-0.39, 0.29) is 81.2 Å². The molecule has 1 unspecified atom stereocenters. The maximum absolute atomic E-state index is 11.4. The summed E-state index contributed by atoms with van der Waals surface area (Å²) in [7, 11) is -0.291. The van der Waals surface area contributed by atoms with Crippen molar-refractivity contribution < 1.29 is 102 Å². The molecule has 104 heavy (non-hydrogen) atoms. The fourth-order valence-corrected chi connectivity index (χ4v) is 19.1. The Labute approximate surface area is 640 Å². The van der Waals surface area contributed by atoms with E-state index in [1.165, 1.54) is 33.4 Å². The van der Waals surface area contributed by atoms with E-state index in [1.54, 1.807) is 19.1 Å². The third kappa shape index (κ3) is 16.6. The zero-order valence-corrected chi connectivity index (χ0v) is 64.5. The number of halogens is 1. The average Bonchev–Trinajstić information content (AvgIpc) is 1.49. The van der Waals surface area contributed by atoms with Gasteiger partial charge in [0.2, 0.25) is 0 Å². The van der Waals surface area contributed by atoms with Crippen LogP contribution in [0.2, 0.25) is 5.02 Å². The van der Waals surface area contributed by atoms with Gasteiger partial charge in [0.15, 0.2) is 23.0 Å². The summed E-state index contributed by atoms with van der Waals surface area (Å²) in [6.07, 6.45) is 19.2. The number of likely N-dealkylation sites (N-methyl/N-ethyl adjacent to an activating group) is 2. The molecule has 0 radical (unpaired) electrons. The topological polar surface area (TPSA) is 291 Å². The second kappa shape index (κ2) is 31.7. The molecule has 16 rings (SSSR count). The molecule has 22 heteroatoms. The number of nitrogens with zero attached hydrogens (tertiary/aromatic N) is 3. The van der Waals surface area contributed by atoms with Gasteiger partial charge in [-0.05, 0) is 210 Å². The van der Waals surface area contributed by atoms with Gasteiger partial charge in [-0.25, -0.2) is 4.98 Å². The van der Waals surface area contributed by atoms with E-state index in [0.717, 1.165) is 115 Å². The normalized spacial score (nSPS) is 25.6. The molecule has 1 saturated carbocycles. The predicted molar refractivity (Wildman–Crippen MR) is 399 cm³/mol. The second-order valence-corrected chi connectivity index (χ2v) is 32.9. The fourth-order valence-electron chi connectivity index (χ4n) is 17.4. The summed E-state index contributed by atoms with van der Waals surface area (Å²) in [6.45, 7) is 11.7. The van der Waals surface area contributed by atoms with Crippen LogP contribution >= 0.6 is 23.4 Å². The molecule has 546 valence electrons. The summed E-state index contributed by atoms with van der Waals surface area (Å²) in [5, 5.41) is 74.1. The van der Waals surface area contributed by atoms with Crippen molar-refractivity contribution >= 4 is 68.8 Å². The summed E-state index contributed by atoms with van der Waals surface area (Å²) >= 11 is 8.01. The van der Waals surface area contributed by atoms with E-state index in [4.69, 9.17) is 48.7 Å². The number of aryl methyl sites for hydroxylation is 1. The molecule has 5 aliphatic carbocycles. The summed E-state index contributed by atoms with van der Waals surface area (Å²) in [6, 6.07) is 42.7. The Hall–Kier alpha value is -6.60. The van der Waals surface area contributed by atoms with Crippen LogP contribution in [-0.2, 0) is 62.1 Å². The van der Waals surface area contributed by atoms with Crippen LogP contribution in [0.25, 0.3) is 23.1 Å². The van der Waals surface area contributed by atoms with Gasteiger partial charge in [0.1, 0.15) is 24.4 Å². The maximum Gasteiger partial charge on any atom is 1.00 e. The van der Waals surface area contributed by atoms with Crippen LogP contribution in [0.5, 0.6) is 23.0 Å². The van der Waals surface area contributed by atoms with E-state index < -0.39 is 46.1 Å². The van der Waals surface area contributed by atoms with Crippen LogP contribution < -0.4 is 44.1 Å². The Morgan fingerprint density at radius 2 is 1.29 bits per heavy atom. The zero-order valence-electron chi connectivity index (χ0n) is 60.1. The van der Waals surface area contributed by atoms with Gasteiger partial charge in [-0.15, -0.1) is 0 Å². The van der Waals surface area contributed by atoms with Gasteiger partial charge in [0, 0.05) is 67.5 Å². The van der Waals surface area contributed by atoms with E-state index in [9.17, 15) is 40.2 Å². The molecule has 6 aromatic carbocycles. The standard InChI is InChI=1S/C35H36ClNO3S.2C17H19NO3.C13H18O2.Na.H2O4S/c1-34(2,40)30-9-4-3-7-25(30)13-17-32(41-23-35(18-19-35)22-33(38)39)27-8-5-6-24(20-27)10-15-29-16-12-26-11-14-28(36)21-31(26)37-29;2*1-18-7-6-17-10-3-5-13(20)16(17)21-15-12(19)4-2-9(14(15)17)8-11(10)18;1-9(2)8-11-4-6-12(7-5-11)10(3)13(14)15;;1-5(2,3)4/h3-12,14-16,20-21,32,40H,13,17-19,22-23H2,1-2H3,(H,38,39);2*2-5,10-11,13,16,19-20H,6-8H2,1H3;4-7,9-10H,8H2,1-3H3,(H,14,15);;(H2,1,2,3,4)/q;;;;+1;/p-1/b15-10+;;;;;/t32-;2*10-,11+,13-,16-,17-;;;/m100.../s1. The molecular weight excluding hydrogens is 1390 g/mol. The number of benzene rings is 6. The Morgan fingerprint density at radius 1 is 0.731 bits per heavy atom. The first-order chi connectivity index (χ1) is 48.9.